The summed E-state index contributed by atoms with van der Waals surface area (Å²) in [6, 6.07) is 4.32. The Hall–Kier alpha value is -2.92. The lowest BCUT2D eigenvalue weighted by molar-refractivity contribution is -0.133. The van der Waals surface area contributed by atoms with Crippen LogP contribution in [-0.4, -0.2) is 37.5 Å². The van der Waals surface area contributed by atoms with Crippen LogP contribution in [0.15, 0.2) is 27.6 Å². The van der Waals surface area contributed by atoms with Crippen molar-refractivity contribution in [3.63, 3.8) is 0 Å². The van der Waals surface area contributed by atoms with Gasteiger partial charge in [-0.1, -0.05) is 17.3 Å². The lowest BCUT2D eigenvalue weighted by atomic mass is 10.1. The van der Waals surface area contributed by atoms with Gasteiger partial charge in [0.05, 0.1) is 6.04 Å². The van der Waals surface area contributed by atoms with Crippen LogP contribution in [0.2, 0.25) is 0 Å². The summed E-state index contributed by atoms with van der Waals surface area (Å²) in [5.74, 6) is -0.675. The molecule has 0 spiro atoms. The minimum absolute atomic E-state index is 0.110. The second kappa shape index (κ2) is 9.26. The summed E-state index contributed by atoms with van der Waals surface area (Å²) in [7, 11) is -4.03. The zero-order valence-corrected chi connectivity index (χ0v) is 18.5. The van der Waals surface area contributed by atoms with Gasteiger partial charge in [0.15, 0.2) is 11.9 Å². The number of rotatable bonds is 7. The average molecular weight is 439 g/mol. The van der Waals surface area contributed by atoms with E-state index in [-0.39, 0.29) is 16.3 Å². The van der Waals surface area contributed by atoms with Crippen molar-refractivity contribution in [3.8, 4) is 5.75 Å². The molecule has 0 fully saturated rings. The molecule has 11 heteroatoms. The zero-order valence-electron chi connectivity index (χ0n) is 17.7. The summed E-state index contributed by atoms with van der Waals surface area (Å²) >= 11 is 0. The van der Waals surface area contributed by atoms with Gasteiger partial charge in [-0.2, -0.15) is 4.72 Å². The van der Waals surface area contributed by atoms with Gasteiger partial charge in [-0.3, -0.25) is 20.4 Å². The minimum atomic E-state index is -4.03. The largest absolute Gasteiger partial charge is 0.481 e. The van der Waals surface area contributed by atoms with Gasteiger partial charge in [-0.05, 0) is 58.7 Å². The fourth-order valence-electron chi connectivity index (χ4n) is 2.63. The highest BCUT2D eigenvalue weighted by Gasteiger charge is 2.28. The number of aromatic nitrogens is 1. The third-order valence-corrected chi connectivity index (χ3v) is 6.28. The maximum Gasteiger partial charge on any atom is 0.279 e. The van der Waals surface area contributed by atoms with Gasteiger partial charge in [0.25, 0.3) is 11.8 Å². The predicted molar refractivity (Wildman–Crippen MR) is 108 cm³/mol. The Morgan fingerprint density at radius 3 is 2.30 bits per heavy atom. The molecule has 2 aromatic rings. The van der Waals surface area contributed by atoms with Crippen molar-refractivity contribution in [2.45, 2.75) is 58.6 Å². The fraction of sp³-hybridized carbons (Fsp3) is 0.421. The maximum atomic E-state index is 12.5. The SMILES string of the molecule is Cc1cccc(O[C@H](C)C(=O)NNC(=O)[C@H](C)NS(=O)(=O)c2c(C)noc2C)c1C. The summed E-state index contributed by atoms with van der Waals surface area (Å²) in [6.07, 6.45) is -0.889. The number of aryl methyl sites for hydroxylation is 3. The first-order chi connectivity index (χ1) is 13.9. The number of carbonyl (C=O) groups is 2. The minimum Gasteiger partial charge on any atom is -0.481 e. The quantitative estimate of drug-likeness (QED) is 0.552. The van der Waals surface area contributed by atoms with E-state index in [0.29, 0.717) is 5.75 Å². The molecule has 2 rings (SSSR count). The summed E-state index contributed by atoms with van der Waals surface area (Å²) in [5, 5.41) is 3.59. The number of amides is 2. The van der Waals surface area contributed by atoms with Crippen LogP contribution in [0.25, 0.3) is 0 Å². The molecule has 0 aliphatic rings. The van der Waals surface area contributed by atoms with Gasteiger partial charge in [0.1, 0.15) is 16.3 Å². The molecule has 0 bridgehead atoms. The average Bonchev–Trinajstić information content (AvgIpc) is 3.01. The molecule has 2 atom stereocenters. The summed E-state index contributed by atoms with van der Waals surface area (Å²) in [6.45, 7) is 9.62. The smallest absolute Gasteiger partial charge is 0.279 e. The second-order valence-corrected chi connectivity index (χ2v) is 8.58. The molecular formula is C19H26N4O6S. The molecule has 1 aromatic heterocycles. The van der Waals surface area contributed by atoms with Gasteiger partial charge in [-0.25, -0.2) is 8.42 Å². The molecule has 0 saturated heterocycles. The van der Waals surface area contributed by atoms with Crippen molar-refractivity contribution in [1.82, 2.24) is 20.7 Å². The monoisotopic (exact) mass is 438 g/mol. The highest BCUT2D eigenvalue weighted by molar-refractivity contribution is 7.89. The van der Waals surface area contributed by atoms with Crippen LogP contribution in [0, 0.1) is 27.7 Å². The Kier molecular flexibility index (Phi) is 7.21. The second-order valence-electron chi connectivity index (χ2n) is 6.93. The van der Waals surface area contributed by atoms with E-state index >= 15 is 0 Å². The van der Waals surface area contributed by atoms with Crippen molar-refractivity contribution < 1.29 is 27.3 Å². The molecule has 3 N–H and O–H groups in total. The number of sulfonamides is 1. The topological polar surface area (TPSA) is 140 Å². The molecular weight excluding hydrogens is 412 g/mol. The molecule has 30 heavy (non-hydrogen) atoms. The van der Waals surface area contributed by atoms with E-state index in [1.54, 1.807) is 6.07 Å². The van der Waals surface area contributed by atoms with Crippen molar-refractivity contribution in [3.05, 3.63) is 40.8 Å². The predicted octanol–water partition coefficient (Wildman–Crippen LogP) is 1.19. The van der Waals surface area contributed by atoms with E-state index in [1.165, 1.54) is 27.7 Å². The van der Waals surface area contributed by atoms with Gasteiger partial charge in [0, 0.05) is 0 Å². The normalized spacial score (nSPS) is 13.4. The Bertz CT molecular complexity index is 1030. The van der Waals surface area contributed by atoms with E-state index in [0.717, 1.165) is 11.1 Å². The van der Waals surface area contributed by atoms with Crippen LogP contribution < -0.4 is 20.3 Å². The fourth-order valence-corrected chi connectivity index (χ4v) is 4.16. The lowest BCUT2D eigenvalue weighted by Gasteiger charge is -2.18. The number of benzene rings is 1. The highest BCUT2D eigenvalue weighted by atomic mass is 32.2. The van der Waals surface area contributed by atoms with E-state index < -0.39 is 34.0 Å². The van der Waals surface area contributed by atoms with E-state index in [9.17, 15) is 18.0 Å². The Balaban J connectivity index is 1.92. The zero-order chi connectivity index (χ0) is 22.6. The number of hydrogen-bond acceptors (Lipinski definition) is 7. The Morgan fingerprint density at radius 1 is 1.07 bits per heavy atom. The molecule has 164 valence electrons. The number of carbonyl (C=O) groups excluding carboxylic acids is 2. The van der Waals surface area contributed by atoms with Crippen molar-refractivity contribution in [2.24, 2.45) is 0 Å². The van der Waals surface area contributed by atoms with Gasteiger partial charge in [-0.15, -0.1) is 0 Å². The molecule has 1 heterocycles. The Labute approximate surface area is 175 Å². The molecule has 10 nitrogen and oxygen atoms in total. The van der Waals surface area contributed by atoms with Gasteiger partial charge >= 0.3 is 0 Å². The van der Waals surface area contributed by atoms with Crippen molar-refractivity contribution in [1.29, 1.82) is 0 Å². The van der Waals surface area contributed by atoms with Crippen LogP contribution in [0.3, 0.4) is 0 Å². The molecule has 0 radical (unpaired) electrons. The summed E-state index contributed by atoms with van der Waals surface area (Å²) in [4.78, 5) is 24.3. The molecule has 0 unspecified atom stereocenters. The van der Waals surface area contributed by atoms with E-state index in [4.69, 9.17) is 9.26 Å². The van der Waals surface area contributed by atoms with Crippen LogP contribution in [-0.2, 0) is 19.6 Å². The van der Waals surface area contributed by atoms with E-state index in [1.807, 2.05) is 26.0 Å². The van der Waals surface area contributed by atoms with Crippen molar-refractivity contribution >= 4 is 21.8 Å². The molecule has 1 aromatic carbocycles. The van der Waals surface area contributed by atoms with E-state index in [2.05, 4.69) is 20.7 Å². The maximum absolute atomic E-state index is 12.5. The number of nitrogens with zero attached hydrogens (tertiary/aromatic N) is 1. The van der Waals surface area contributed by atoms with Crippen molar-refractivity contribution in [2.75, 3.05) is 0 Å². The number of nitrogens with one attached hydrogen (secondary N) is 3. The number of hydrazine groups is 1. The number of hydrogen-bond donors (Lipinski definition) is 3. The Morgan fingerprint density at radius 2 is 1.70 bits per heavy atom. The molecule has 0 saturated carbocycles. The third-order valence-electron chi connectivity index (χ3n) is 4.50. The summed E-state index contributed by atoms with van der Waals surface area (Å²) < 4.78 is 37.6. The molecule has 2 amide bonds. The first-order valence-corrected chi connectivity index (χ1v) is 10.7. The van der Waals surface area contributed by atoms with Gasteiger partial charge in [0.2, 0.25) is 10.0 Å². The lowest BCUT2D eigenvalue weighted by Crippen LogP contribution is -2.53. The molecule has 0 aliphatic carbocycles. The molecule has 0 aliphatic heterocycles. The highest BCUT2D eigenvalue weighted by Crippen LogP contribution is 2.22. The van der Waals surface area contributed by atoms with Crippen LogP contribution >= 0.6 is 0 Å². The third kappa shape index (κ3) is 5.36. The number of ether oxygens (including phenoxy) is 1. The first-order valence-electron chi connectivity index (χ1n) is 9.21. The van der Waals surface area contributed by atoms with Crippen LogP contribution in [0.5, 0.6) is 5.75 Å². The van der Waals surface area contributed by atoms with Crippen LogP contribution in [0.4, 0.5) is 0 Å². The first kappa shape index (κ1) is 23.4. The van der Waals surface area contributed by atoms with Gasteiger partial charge < -0.3 is 9.26 Å². The van der Waals surface area contributed by atoms with Crippen LogP contribution in [0.1, 0.15) is 36.4 Å². The standard InChI is InChI=1S/C19H26N4O6S/c1-10-8-7-9-16(11(10)2)28-15(6)19(25)21-20-18(24)13(4)23-30(26,27)17-12(3)22-29-14(17)5/h7-9,13,15,23H,1-6H3,(H,20,24)(H,21,25)/t13-,15+/m0/s1. The summed E-state index contributed by atoms with van der Waals surface area (Å²) in [5.41, 5.74) is 6.53.